The van der Waals surface area contributed by atoms with Gasteiger partial charge in [-0.05, 0) is 30.7 Å². The molecule has 0 heterocycles. The van der Waals surface area contributed by atoms with Crippen LogP contribution in [0.5, 0.6) is 5.75 Å². The first-order valence-corrected chi connectivity index (χ1v) is 5.95. The molecule has 17 heavy (non-hydrogen) atoms. The zero-order chi connectivity index (χ0) is 12.7. The second-order valence-electron chi connectivity index (χ2n) is 3.83. The molecule has 0 aliphatic carbocycles. The average Bonchev–Trinajstić information content (AvgIpc) is 2.34. The van der Waals surface area contributed by atoms with Crippen LogP contribution < -0.4 is 10.1 Å². The minimum atomic E-state index is -0.319. The zero-order valence-electron chi connectivity index (χ0n) is 10.7. The van der Waals surface area contributed by atoms with Gasteiger partial charge in [-0.1, -0.05) is 31.6 Å². The van der Waals surface area contributed by atoms with Crippen molar-refractivity contribution in [3.05, 3.63) is 35.2 Å². The van der Waals surface area contributed by atoms with Gasteiger partial charge in [-0.25, -0.2) is 4.39 Å². The summed E-state index contributed by atoms with van der Waals surface area (Å²) in [6.07, 6.45) is 2.98. The molecule has 0 aromatic heterocycles. The summed E-state index contributed by atoms with van der Waals surface area (Å²) in [6.45, 7) is 5.96. The summed E-state index contributed by atoms with van der Waals surface area (Å²) in [7, 11) is 1.47. The molecule has 0 fully saturated rings. The van der Waals surface area contributed by atoms with Crippen molar-refractivity contribution in [2.75, 3.05) is 20.2 Å². The van der Waals surface area contributed by atoms with Gasteiger partial charge in [0.05, 0.1) is 7.11 Å². The van der Waals surface area contributed by atoms with Crippen molar-refractivity contribution in [3.63, 3.8) is 0 Å². The van der Waals surface area contributed by atoms with Gasteiger partial charge in [0.1, 0.15) is 0 Å². The molecule has 0 unspecified atom stereocenters. The van der Waals surface area contributed by atoms with Crippen LogP contribution in [0.25, 0.3) is 6.08 Å². The van der Waals surface area contributed by atoms with Crippen molar-refractivity contribution in [1.82, 2.24) is 5.32 Å². The fourth-order valence-electron chi connectivity index (χ4n) is 1.57. The summed E-state index contributed by atoms with van der Waals surface area (Å²) in [4.78, 5) is 0. The van der Waals surface area contributed by atoms with Crippen molar-refractivity contribution in [2.24, 2.45) is 0 Å². The van der Waals surface area contributed by atoms with Gasteiger partial charge in [0.25, 0.3) is 0 Å². The molecule has 0 amide bonds. The maximum atomic E-state index is 13.5. The van der Waals surface area contributed by atoms with Crippen molar-refractivity contribution in [2.45, 2.75) is 20.3 Å². The summed E-state index contributed by atoms with van der Waals surface area (Å²) in [5.41, 5.74) is 2.13. The van der Waals surface area contributed by atoms with E-state index in [4.69, 9.17) is 4.74 Å². The van der Waals surface area contributed by atoms with Crippen LogP contribution in [0, 0.1) is 5.82 Å². The molecule has 94 valence electrons. The molecular weight excluding hydrogens is 217 g/mol. The Balaban J connectivity index is 2.84. The Bertz CT molecular complexity index is 388. The summed E-state index contributed by atoms with van der Waals surface area (Å²) in [5.74, 6) is -0.0352. The van der Waals surface area contributed by atoms with Crippen LogP contribution >= 0.6 is 0 Å². The lowest BCUT2D eigenvalue weighted by atomic mass is 10.1. The second kappa shape index (κ2) is 7.07. The molecule has 0 bridgehead atoms. The Morgan fingerprint density at radius 3 is 2.71 bits per heavy atom. The van der Waals surface area contributed by atoms with E-state index in [0.29, 0.717) is 0 Å². The lowest BCUT2D eigenvalue weighted by Gasteiger charge is -2.06. The molecule has 0 atom stereocenters. The van der Waals surface area contributed by atoms with Gasteiger partial charge in [-0.3, -0.25) is 0 Å². The lowest BCUT2D eigenvalue weighted by molar-refractivity contribution is 0.386. The van der Waals surface area contributed by atoms with Gasteiger partial charge >= 0.3 is 0 Å². The normalized spacial score (nSPS) is 11.6. The molecule has 0 radical (unpaired) electrons. The van der Waals surface area contributed by atoms with E-state index in [1.807, 2.05) is 12.1 Å². The first-order chi connectivity index (χ1) is 8.21. The van der Waals surface area contributed by atoms with Gasteiger partial charge in [-0.15, -0.1) is 0 Å². The third-order valence-electron chi connectivity index (χ3n) is 2.60. The molecular formula is C14H20FNO. The highest BCUT2D eigenvalue weighted by atomic mass is 19.1. The second-order valence-corrected chi connectivity index (χ2v) is 3.83. The Morgan fingerprint density at radius 1 is 1.41 bits per heavy atom. The predicted octanol–water partition coefficient (Wildman–Crippen LogP) is 3.24. The number of likely N-dealkylation sites (N-methyl/N-ethyl adjacent to an activating group) is 1. The molecule has 1 N–H and O–H groups in total. The highest BCUT2D eigenvalue weighted by Crippen LogP contribution is 2.19. The molecule has 0 aliphatic rings. The number of rotatable bonds is 6. The molecule has 0 spiro atoms. The summed E-state index contributed by atoms with van der Waals surface area (Å²) < 4.78 is 18.4. The molecule has 2 nitrogen and oxygen atoms in total. The topological polar surface area (TPSA) is 21.3 Å². The number of nitrogens with one attached hydrogen (secondary N) is 1. The third-order valence-corrected chi connectivity index (χ3v) is 2.60. The molecule has 0 saturated heterocycles. The van der Waals surface area contributed by atoms with Crippen LogP contribution in [0.4, 0.5) is 4.39 Å². The first-order valence-electron chi connectivity index (χ1n) is 5.95. The van der Waals surface area contributed by atoms with E-state index in [0.717, 1.165) is 25.1 Å². The minimum absolute atomic E-state index is 0.284. The van der Waals surface area contributed by atoms with E-state index < -0.39 is 0 Å². The number of methoxy groups -OCH3 is 1. The standard InChI is InChI=1S/C14H20FNO/c1-4-11(10-16-5-2)8-12-6-7-14(17-3)13(15)9-12/h6-9,16H,4-5,10H2,1-3H3. The van der Waals surface area contributed by atoms with Crippen LogP contribution in [-0.4, -0.2) is 20.2 Å². The van der Waals surface area contributed by atoms with E-state index in [-0.39, 0.29) is 11.6 Å². The van der Waals surface area contributed by atoms with Crippen molar-refractivity contribution in [1.29, 1.82) is 0 Å². The van der Waals surface area contributed by atoms with Gasteiger partial charge in [0.15, 0.2) is 11.6 Å². The molecule has 1 rings (SSSR count). The summed E-state index contributed by atoms with van der Waals surface area (Å²) in [6, 6.07) is 5.02. The van der Waals surface area contributed by atoms with Crippen molar-refractivity contribution < 1.29 is 9.13 Å². The number of benzene rings is 1. The SMILES string of the molecule is CCNCC(=Cc1ccc(OC)c(F)c1)CC. The minimum Gasteiger partial charge on any atom is -0.494 e. The number of halogens is 1. The molecule has 0 saturated carbocycles. The van der Waals surface area contributed by atoms with Crippen LogP contribution in [0.3, 0.4) is 0 Å². The van der Waals surface area contributed by atoms with Crippen LogP contribution in [0.15, 0.2) is 23.8 Å². The Kier molecular flexibility index (Phi) is 5.70. The van der Waals surface area contributed by atoms with E-state index >= 15 is 0 Å². The number of ether oxygens (including phenoxy) is 1. The highest BCUT2D eigenvalue weighted by molar-refractivity contribution is 5.54. The van der Waals surface area contributed by atoms with E-state index in [2.05, 4.69) is 19.2 Å². The third kappa shape index (κ3) is 4.19. The van der Waals surface area contributed by atoms with E-state index in [1.165, 1.54) is 18.7 Å². The van der Waals surface area contributed by atoms with Crippen LogP contribution in [0.2, 0.25) is 0 Å². The maximum Gasteiger partial charge on any atom is 0.165 e. The average molecular weight is 237 g/mol. The van der Waals surface area contributed by atoms with Gasteiger partial charge in [-0.2, -0.15) is 0 Å². The molecule has 3 heteroatoms. The van der Waals surface area contributed by atoms with Crippen molar-refractivity contribution in [3.8, 4) is 5.75 Å². The molecule has 1 aromatic carbocycles. The first kappa shape index (κ1) is 13.7. The quantitative estimate of drug-likeness (QED) is 0.820. The number of hydrogen-bond donors (Lipinski definition) is 1. The smallest absolute Gasteiger partial charge is 0.165 e. The van der Waals surface area contributed by atoms with E-state index in [1.54, 1.807) is 6.07 Å². The maximum absolute atomic E-state index is 13.5. The fourth-order valence-corrected chi connectivity index (χ4v) is 1.57. The zero-order valence-corrected chi connectivity index (χ0v) is 10.7. The largest absolute Gasteiger partial charge is 0.494 e. The Labute approximate surface area is 102 Å². The lowest BCUT2D eigenvalue weighted by Crippen LogP contribution is -2.15. The molecule has 0 aliphatic heterocycles. The van der Waals surface area contributed by atoms with Gasteiger partial charge in [0.2, 0.25) is 0 Å². The Hall–Kier alpha value is -1.35. The molecule has 1 aromatic rings. The summed E-state index contributed by atoms with van der Waals surface area (Å²) in [5, 5.41) is 3.27. The van der Waals surface area contributed by atoms with E-state index in [9.17, 15) is 4.39 Å². The number of hydrogen-bond acceptors (Lipinski definition) is 2. The monoisotopic (exact) mass is 237 g/mol. The van der Waals surface area contributed by atoms with Gasteiger partial charge < -0.3 is 10.1 Å². The highest BCUT2D eigenvalue weighted by Gasteiger charge is 2.02. The fraction of sp³-hybridized carbons (Fsp3) is 0.429. The Morgan fingerprint density at radius 2 is 2.18 bits per heavy atom. The van der Waals surface area contributed by atoms with Crippen LogP contribution in [0.1, 0.15) is 25.8 Å². The van der Waals surface area contributed by atoms with Gasteiger partial charge in [0, 0.05) is 6.54 Å². The van der Waals surface area contributed by atoms with Crippen LogP contribution in [-0.2, 0) is 0 Å². The summed E-state index contributed by atoms with van der Waals surface area (Å²) >= 11 is 0. The predicted molar refractivity (Wildman–Crippen MR) is 69.8 cm³/mol. The van der Waals surface area contributed by atoms with Crippen molar-refractivity contribution >= 4 is 6.08 Å².